The van der Waals surface area contributed by atoms with Crippen molar-refractivity contribution in [1.29, 1.82) is 0 Å². The first kappa shape index (κ1) is 54.4. The van der Waals surface area contributed by atoms with Crippen molar-refractivity contribution in [2.75, 3.05) is 19.8 Å². The summed E-state index contributed by atoms with van der Waals surface area (Å²) in [5.74, 6) is -0.330. The van der Waals surface area contributed by atoms with E-state index in [0.29, 0.717) is 29.5 Å². The molecule has 3 aromatic rings. The highest BCUT2D eigenvalue weighted by atomic mass is 31.3. The molecule has 4 atom stereocenters. The number of aromatic nitrogens is 2. The van der Waals surface area contributed by atoms with Crippen molar-refractivity contribution in [1.82, 2.24) is 9.55 Å². The molecular weight excluding hydrogens is 925 g/mol. The molecule has 0 saturated carbocycles. The van der Waals surface area contributed by atoms with Crippen LogP contribution in [0, 0.1) is 12.8 Å². The molecule has 0 bridgehead atoms. The lowest BCUT2D eigenvalue weighted by Gasteiger charge is -2.22. The molecule has 0 saturated heterocycles. The number of unbranched alkanes of at least 4 members (excludes halogenated alkanes) is 10. The predicted molar refractivity (Wildman–Crippen MR) is 241 cm³/mol. The molecule has 2 aromatic carbocycles. The number of aryl methyl sites for hydroxylation is 1. The third-order valence-corrected chi connectivity index (χ3v) is 14.6. The summed E-state index contributed by atoms with van der Waals surface area (Å²) in [5.41, 5.74) is -0.307. The summed E-state index contributed by atoms with van der Waals surface area (Å²) < 4.78 is 87.0. The van der Waals surface area contributed by atoms with E-state index < -0.39 is 78.8 Å². The van der Waals surface area contributed by atoms with E-state index in [-0.39, 0.29) is 31.1 Å². The molecule has 0 aliphatic heterocycles. The van der Waals surface area contributed by atoms with Crippen LogP contribution in [-0.4, -0.2) is 51.5 Å². The number of aromatic amines is 1. The van der Waals surface area contributed by atoms with Crippen LogP contribution < -0.4 is 20.7 Å². The van der Waals surface area contributed by atoms with Crippen molar-refractivity contribution in [3.8, 4) is 11.5 Å². The predicted octanol–water partition coefficient (Wildman–Crippen LogP) is 10.5. The zero-order chi connectivity index (χ0) is 48.0. The maximum atomic E-state index is 14.0. The average molecular weight is 987 g/mol. The third-order valence-electron chi connectivity index (χ3n) is 9.98. The van der Waals surface area contributed by atoms with Gasteiger partial charge in [0.15, 0.2) is 0 Å². The normalized spacial score (nSPS) is 16.6. The summed E-state index contributed by atoms with van der Waals surface area (Å²) in [6.45, 7) is 4.52. The summed E-state index contributed by atoms with van der Waals surface area (Å²) in [4.78, 5) is 71.7. The lowest BCUT2D eigenvalue weighted by atomic mass is 10.1. The van der Waals surface area contributed by atoms with Gasteiger partial charge in [-0.2, -0.15) is 8.62 Å². The summed E-state index contributed by atoms with van der Waals surface area (Å²) in [6, 6.07) is 10.8. The van der Waals surface area contributed by atoms with Gasteiger partial charge in [0.2, 0.25) is 0 Å². The fraction of sp³-hybridized carbons (Fsp3) is 0.535. The number of nitrogens with zero attached hydrogens (tertiary/aromatic N) is 1. The first-order chi connectivity index (χ1) is 31.5. The molecule has 1 aliphatic rings. The quantitative estimate of drug-likeness (QED) is 0.0184. The van der Waals surface area contributed by atoms with Gasteiger partial charge in [0.1, 0.15) is 11.5 Å². The number of benzene rings is 2. The van der Waals surface area contributed by atoms with Crippen LogP contribution in [0.1, 0.15) is 120 Å². The van der Waals surface area contributed by atoms with Crippen molar-refractivity contribution in [2.24, 2.45) is 5.92 Å². The van der Waals surface area contributed by atoms with E-state index in [1.54, 1.807) is 12.2 Å². The Bertz CT molecular complexity index is 2200. The lowest BCUT2D eigenvalue weighted by Crippen LogP contribution is -2.32. The second-order valence-electron chi connectivity index (χ2n) is 15.5. The number of phosphoric acid groups is 3. The maximum Gasteiger partial charge on any atom is 0.513 e. The maximum absolute atomic E-state index is 14.0. The molecule has 0 amide bonds. The van der Waals surface area contributed by atoms with Gasteiger partial charge in [-0.25, -0.2) is 28.1 Å². The largest absolute Gasteiger partial charge is 0.513 e. The molecule has 66 heavy (non-hydrogen) atoms. The van der Waals surface area contributed by atoms with Crippen molar-refractivity contribution in [3.05, 3.63) is 104 Å². The van der Waals surface area contributed by atoms with Gasteiger partial charge in [-0.05, 0) is 61.6 Å². The van der Waals surface area contributed by atoms with Gasteiger partial charge in [0, 0.05) is 17.7 Å². The molecule has 1 aromatic heterocycles. The Kier molecular flexibility index (Phi) is 22.7. The minimum Gasteiger partial charge on any atom is -0.434 e. The molecule has 2 unspecified atom stereocenters. The van der Waals surface area contributed by atoms with Crippen LogP contribution in [-0.2, 0) is 58.6 Å². The number of nitrogens with one attached hydrogen (secondary N) is 1. The minimum absolute atomic E-state index is 0.122. The van der Waals surface area contributed by atoms with Crippen molar-refractivity contribution < 1.29 is 74.2 Å². The van der Waals surface area contributed by atoms with E-state index in [2.05, 4.69) is 23.1 Å². The number of phosphoric ester groups is 2. The van der Waals surface area contributed by atoms with E-state index >= 15 is 0 Å². The van der Waals surface area contributed by atoms with E-state index in [1.807, 2.05) is 0 Å². The summed E-state index contributed by atoms with van der Waals surface area (Å²) in [6.07, 6.45) is 15.2. The number of allylic oxidation sites excluding steroid dienone is 1. The molecule has 0 fully saturated rings. The van der Waals surface area contributed by atoms with Gasteiger partial charge in [0.05, 0.1) is 39.1 Å². The Labute approximate surface area is 383 Å². The smallest absolute Gasteiger partial charge is 0.434 e. The standard InChI is InChI=1S/C43H61N2O18P3/c1-4-6-8-10-12-14-26-55-42(48)60-38-22-17-34(18-23-38)30-58-66(54,59-31-35-19-24-39(25-20-35)61-43(49)56-27-15-13-11-9-7-5-2)63-65(52,53)62-64(50,51)57-32-36-16-21-37(28-36)45-29-33(3)40(46)44-41(45)47/h16-25,29,36-37H,4-15,26-28,30-32H2,1-3H3,(H,50,51)(H,52,53)(H,44,46,47)/t36-,37+/m1/s1. The monoisotopic (exact) mass is 986 g/mol. The highest BCUT2D eigenvalue weighted by molar-refractivity contribution is 7.67. The molecular formula is C43H61N2O18P3. The Morgan fingerprint density at radius 1 is 0.667 bits per heavy atom. The summed E-state index contributed by atoms with van der Waals surface area (Å²) in [7, 11) is -16.4. The summed E-state index contributed by atoms with van der Waals surface area (Å²) in [5, 5.41) is 0. The summed E-state index contributed by atoms with van der Waals surface area (Å²) >= 11 is 0. The first-order valence-corrected chi connectivity index (χ1v) is 26.4. The molecule has 1 heterocycles. The van der Waals surface area contributed by atoms with E-state index in [1.165, 1.54) is 66.2 Å². The van der Waals surface area contributed by atoms with E-state index in [9.17, 15) is 42.7 Å². The number of rotatable bonds is 30. The van der Waals surface area contributed by atoms with Crippen molar-refractivity contribution in [2.45, 2.75) is 123 Å². The van der Waals surface area contributed by atoms with Crippen molar-refractivity contribution >= 4 is 35.8 Å². The number of H-pyrrole nitrogens is 1. The molecule has 20 nitrogen and oxygen atoms in total. The fourth-order valence-corrected chi connectivity index (χ4v) is 10.5. The molecule has 4 rings (SSSR count). The highest BCUT2D eigenvalue weighted by Crippen LogP contribution is 2.69. The van der Waals surface area contributed by atoms with E-state index in [0.717, 1.165) is 64.2 Å². The van der Waals surface area contributed by atoms with Gasteiger partial charge in [-0.3, -0.25) is 27.9 Å². The third kappa shape index (κ3) is 20.4. The van der Waals surface area contributed by atoms with Crippen LogP contribution in [0.5, 0.6) is 11.5 Å². The molecule has 0 spiro atoms. The Balaban J connectivity index is 1.35. The Morgan fingerprint density at radius 3 is 1.65 bits per heavy atom. The van der Waals surface area contributed by atoms with Gasteiger partial charge in [-0.15, -0.1) is 0 Å². The van der Waals surface area contributed by atoms with Crippen molar-refractivity contribution in [3.63, 3.8) is 0 Å². The topological polar surface area (TPSA) is 264 Å². The van der Waals surface area contributed by atoms with Crippen LogP contribution in [0.25, 0.3) is 0 Å². The SMILES string of the molecule is CCCCCCCCOC(=O)Oc1ccc(COP(=O)(OCc2ccc(OC(=O)OCCCCCCCC)cc2)OP(=O)(O)OP(=O)(O)OC[C@@H]2C=C[C@H](n3cc(C)c(=O)[nH]c3=O)C2)cc1. The molecule has 0 radical (unpaired) electrons. The Morgan fingerprint density at radius 2 is 1.15 bits per heavy atom. The average Bonchev–Trinajstić information content (AvgIpc) is 3.74. The lowest BCUT2D eigenvalue weighted by molar-refractivity contribution is 0.0962. The van der Waals surface area contributed by atoms with Gasteiger partial charge < -0.3 is 28.7 Å². The number of hydrogen-bond donors (Lipinski definition) is 3. The number of hydrogen-bond acceptors (Lipinski definition) is 16. The van der Waals surface area contributed by atoms with E-state index in [4.69, 9.17) is 36.8 Å². The molecule has 3 N–H and O–H groups in total. The van der Waals surface area contributed by atoms with Crippen LogP contribution in [0.4, 0.5) is 9.59 Å². The number of carbonyl (C=O) groups is 2. The zero-order valence-corrected chi connectivity index (χ0v) is 40.1. The molecule has 23 heteroatoms. The highest BCUT2D eigenvalue weighted by Gasteiger charge is 2.44. The first-order valence-electron chi connectivity index (χ1n) is 22.0. The van der Waals surface area contributed by atoms with Gasteiger partial charge in [-0.1, -0.05) is 114 Å². The second kappa shape index (κ2) is 27.6. The van der Waals surface area contributed by atoms with Crippen LogP contribution in [0.3, 0.4) is 0 Å². The van der Waals surface area contributed by atoms with Gasteiger partial charge in [0.25, 0.3) is 5.56 Å². The minimum atomic E-state index is -5.79. The fourth-order valence-electron chi connectivity index (χ4n) is 6.43. The molecule has 366 valence electrons. The molecule has 1 aliphatic carbocycles. The Hall–Kier alpha value is -4.19. The second-order valence-corrected chi connectivity index (χ2v) is 20.4. The van der Waals surface area contributed by atoms with Crippen LogP contribution in [0.2, 0.25) is 0 Å². The van der Waals surface area contributed by atoms with Gasteiger partial charge >= 0.3 is 41.5 Å². The zero-order valence-electron chi connectivity index (χ0n) is 37.4. The number of ether oxygens (including phenoxy) is 4. The van der Waals surface area contributed by atoms with Crippen LogP contribution >= 0.6 is 23.5 Å². The number of carbonyl (C=O) groups excluding carboxylic acids is 2. The van der Waals surface area contributed by atoms with Crippen LogP contribution in [0.15, 0.2) is 76.5 Å².